The number of rotatable bonds is 5. The molecule has 0 aliphatic carbocycles. The molecule has 0 bridgehead atoms. The molecule has 1 N–H and O–H groups in total. The van der Waals surface area contributed by atoms with Crippen LogP contribution in [0.4, 0.5) is 4.79 Å². The van der Waals surface area contributed by atoms with Gasteiger partial charge in [0.15, 0.2) is 11.8 Å². The molecule has 3 aromatic carbocycles. The first-order valence-electron chi connectivity index (χ1n) is 11.2. The number of fused-ring (bicyclic) bond motifs is 1. The van der Waals surface area contributed by atoms with E-state index in [4.69, 9.17) is 25.5 Å². The molecule has 36 heavy (non-hydrogen) atoms. The van der Waals surface area contributed by atoms with Crippen molar-refractivity contribution in [3.8, 4) is 16.9 Å². The standard InChI is InChI=1S/C28H24ClNO6/c1-28(2,3)36-27(33)30-25(18-12-8-5-9-13-18)26(32)35-23-16-22-20(14-21(23)29)19(15-24(31)34-22)17-10-6-4-7-11-17/h4-16,25H,1-3H3,(H,30,33). The molecule has 4 rings (SSSR count). The molecular formula is C28H24ClNO6. The van der Waals surface area contributed by atoms with Crippen molar-refractivity contribution in [2.45, 2.75) is 32.4 Å². The van der Waals surface area contributed by atoms with Crippen LogP contribution in [0.2, 0.25) is 5.02 Å². The molecule has 0 saturated carbocycles. The Morgan fingerprint density at radius 3 is 2.22 bits per heavy atom. The van der Waals surface area contributed by atoms with Crippen molar-refractivity contribution in [2.24, 2.45) is 0 Å². The first-order chi connectivity index (χ1) is 17.1. The van der Waals surface area contributed by atoms with Crippen molar-refractivity contribution in [2.75, 3.05) is 0 Å². The summed E-state index contributed by atoms with van der Waals surface area (Å²) in [6, 6.07) is 21.1. The van der Waals surface area contributed by atoms with Gasteiger partial charge in [-0.15, -0.1) is 0 Å². The van der Waals surface area contributed by atoms with Gasteiger partial charge in [0.25, 0.3) is 0 Å². The predicted octanol–water partition coefficient (Wildman–Crippen LogP) is 6.28. The first-order valence-corrected chi connectivity index (χ1v) is 11.6. The number of benzene rings is 3. The van der Waals surface area contributed by atoms with Crippen molar-refractivity contribution in [1.82, 2.24) is 5.32 Å². The number of carbonyl (C=O) groups is 2. The molecule has 1 unspecified atom stereocenters. The van der Waals surface area contributed by atoms with E-state index in [1.807, 2.05) is 30.3 Å². The van der Waals surface area contributed by atoms with E-state index in [2.05, 4.69) is 5.32 Å². The molecule has 0 spiro atoms. The molecule has 0 aliphatic rings. The topological polar surface area (TPSA) is 94.8 Å². The zero-order valence-electron chi connectivity index (χ0n) is 19.9. The molecule has 0 fully saturated rings. The number of amides is 1. The van der Waals surface area contributed by atoms with Crippen LogP contribution in [0, 0.1) is 0 Å². The minimum atomic E-state index is -1.17. The highest BCUT2D eigenvalue weighted by Crippen LogP contribution is 2.35. The number of hydrogen-bond acceptors (Lipinski definition) is 6. The lowest BCUT2D eigenvalue weighted by Gasteiger charge is -2.23. The molecule has 1 amide bonds. The van der Waals surface area contributed by atoms with E-state index >= 15 is 0 Å². The molecule has 8 heteroatoms. The van der Waals surface area contributed by atoms with Crippen LogP contribution < -0.4 is 15.7 Å². The van der Waals surface area contributed by atoms with E-state index in [-0.39, 0.29) is 16.4 Å². The summed E-state index contributed by atoms with van der Waals surface area (Å²) >= 11 is 6.48. The van der Waals surface area contributed by atoms with Crippen molar-refractivity contribution in [3.05, 3.63) is 99.9 Å². The Labute approximate surface area is 212 Å². The highest BCUT2D eigenvalue weighted by Gasteiger charge is 2.28. The number of hydrogen-bond donors (Lipinski definition) is 1. The Kier molecular flexibility index (Phi) is 7.12. The summed E-state index contributed by atoms with van der Waals surface area (Å²) in [6.45, 7) is 5.15. The van der Waals surface area contributed by atoms with E-state index in [0.717, 1.165) is 5.56 Å². The minimum Gasteiger partial charge on any atom is -0.444 e. The van der Waals surface area contributed by atoms with Gasteiger partial charge in [-0.2, -0.15) is 0 Å². The van der Waals surface area contributed by atoms with Crippen LogP contribution in [-0.4, -0.2) is 17.7 Å². The van der Waals surface area contributed by atoms with Gasteiger partial charge in [0, 0.05) is 17.5 Å². The average molecular weight is 506 g/mol. The SMILES string of the molecule is CC(C)(C)OC(=O)NC(C(=O)Oc1cc2oc(=O)cc(-c3ccccc3)c2cc1Cl)c1ccccc1. The van der Waals surface area contributed by atoms with Crippen molar-refractivity contribution in [1.29, 1.82) is 0 Å². The van der Waals surface area contributed by atoms with Gasteiger partial charge in [-0.25, -0.2) is 14.4 Å². The zero-order valence-corrected chi connectivity index (χ0v) is 20.7. The van der Waals surface area contributed by atoms with E-state index < -0.39 is 29.3 Å². The summed E-state index contributed by atoms with van der Waals surface area (Å²) < 4.78 is 16.3. The Morgan fingerprint density at radius 2 is 1.58 bits per heavy atom. The van der Waals surface area contributed by atoms with Crippen LogP contribution >= 0.6 is 11.6 Å². The fourth-order valence-corrected chi connectivity index (χ4v) is 3.82. The Balaban J connectivity index is 1.68. The molecule has 0 aliphatic heterocycles. The fraction of sp³-hybridized carbons (Fsp3) is 0.179. The molecule has 1 atom stereocenters. The smallest absolute Gasteiger partial charge is 0.408 e. The first kappa shape index (κ1) is 25.0. The normalized spacial score (nSPS) is 12.1. The van der Waals surface area contributed by atoms with Crippen LogP contribution in [0.15, 0.2) is 88.1 Å². The molecule has 4 aromatic rings. The quantitative estimate of drug-likeness (QED) is 0.195. The molecule has 1 heterocycles. The third kappa shape index (κ3) is 5.93. The van der Waals surface area contributed by atoms with Gasteiger partial charge in [0.1, 0.15) is 11.2 Å². The van der Waals surface area contributed by atoms with Gasteiger partial charge in [-0.1, -0.05) is 72.3 Å². The van der Waals surface area contributed by atoms with E-state index in [9.17, 15) is 14.4 Å². The number of ether oxygens (including phenoxy) is 2. The summed E-state index contributed by atoms with van der Waals surface area (Å²) in [5, 5.41) is 3.27. The lowest BCUT2D eigenvalue weighted by Crippen LogP contribution is -2.39. The van der Waals surface area contributed by atoms with Crippen LogP contribution in [-0.2, 0) is 9.53 Å². The van der Waals surface area contributed by atoms with Gasteiger partial charge < -0.3 is 19.2 Å². The summed E-state index contributed by atoms with van der Waals surface area (Å²) in [5.41, 5.74) is 0.810. The third-order valence-electron chi connectivity index (χ3n) is 5.12. The van der Waals surface area contributed by atoms with Crippen LogP contribution in [0.3, 0.4) is 0 Å². The molecule has 184 valence electrons. The van der Waals surface area contributed by atoms with Crippen molar-refractivity contribution in [3.63, 3.8) is 0 Å². The lowest BCUT2D eigenvalue weighted by molar-refractivity contribution is -0.137. The predicted molar refractivity (Wildman–Crippen MR) is 137 cm³/mol. The highest BCUT2D eigenvalue weighted by atomic mass is 35.5. The van der Waals surface area contributed by atoms with Crippen LogP contribution in [0.1, 0.15) is 32.4 Å². The summed E-state index contributed by atoms with van der Waals surface area (Å²) in [5.74, 6) is -0.815. The Bertz CT molecular complexity index is 1460. The number of halogens is 1. The van der Waals surface area contributed by atoms with Crippen molar-refractivity contribution >= 4 is 34.6 Å². The largest absolute Gasteiger partial charge is 0.444 e. The second kappa shape index (κ2) is 10.3. The lowest BCUT2D eigenvalue weighted by atomic mass is 10.0. The van der Waals surface area contributed by atoms with Gasteiger partial charge >= 0.3 is 17.7 Å². The maximum Gasteiger partial charge on any atom is 0.408 e. The Morgan fingerprint density at radius 1 is 0.944 bits per heavy atom. The fourth-order valence-electron chi connectivity index (χ4n) is 3.61. The highest BCUT2D eigenvalue weighted by molar-refractivity contribution is 6.33. The Hall–Kier alpha value is -4.10. The van der Waals surface area contributed by atoms with Crippen molar-refractivity contribution < 1.29 is 23.5 Å². The number of nitrogens with one attached hydrogen (secondary N) is 1. The van der Waals surface area contributed by atoms with Gasteiger partial charge in [0.2, 0.25) is 0 Å². The van der Waals surface area contributed by atoms with Crippen LogP contribution in [0.25, 0.3) is 22.1 Å². The maximum atomic E-state index is 13.2. The summed E-state index contributed by atoms with van der Waals surface area (Å²) in [7, 11) is 0. The number of alkyl carbamates (subject to hydrolysis) is 1. The van der Waals surface area contributed by atoms with E-state index in [0.29, 0.717) is 16.5 Å². The zero-order chi connectivity index (χ0) is 25.9. The summed E-state index contributed by atoms with van der Waals surface area (Å²) in [4.78, 5) is 37.9. The van der Waals surface area contributed by atoms with Gasteiger partial charge in [-0.05, 0) is 43.5 Å². The maximum absolute atomic E-state index is 13.2. The molecular weight excluding hydrogens is 482 g/mol. The number of esters is 1. The van der Waals surface area contributed by atoms with Crippen LogP contribution in [0.5, 0.6) is 5.75 Å². The van der Waals surface area contributed by atoms with Gasteiger partial charge in [-0.3, -0.25) is 0 Å². The molecule has 0 saturated heterocycles. The second-order valence-corrected chi connectivity index (χ2v) is 9.44. The second-order valence-electron chi connectivity index (χ2n) is 9.03. The average Bonchev–Trinajstić information content (AvgIpc) is 2.83. The third-order valence-corrected chi connectivity index (χ3v) is 5.42. The summed E-state index contributed by atoms with van der Waals surface area (Å²) in [6.07, 6.45) is -0.781. The molecule has 7 nitrogen and oxygen atoms in total. The molecule has 0 radical (unpaired) electrons. The minimum absolute atomic E-state index is 0.0190. The van der Waals surface area contributed by atoms with Gasteiger partial charge in [0.05, 0.1) is 5.02 Å². The van der Waals surface area contributed by atoms with E-state index in [1.54, 1.807) is 57.2 Å². The monoisotopic (exact) mass is 505 g/mol. The molecule has 1 aromatic heterocycles. The number of carbonyl (C=O) groups excluding carboxylic acids is 2. The van der Waals surface area contributed by atoms with E-state index in [1.165, 1.54) is 12.1 Å².